The number of thiazole rings is 1. The van der Waals surface area contributed by atoms with Gasteiger partial charge < -0.3 is 55.7 Å². The number of hydrogen-bond donors (Lipinski definition) is 5. The summed E-state index contributed by atoms with van der Waals surface area (Å²) >= 11 is 1.58. The Morgan fingerprint density at radius 2 is 1.61 bits per heavy atom. The molecule has 2 aromatic carbocycles. The minimum Gasteiger partial charge on any atom is -0.507 e. The van der Waals surface area contributed by atoms with Crippen LogP contribution in [0.1, 0.15) is 63.4 Å². The van der Waals surface area contributed by atoms with Gasteiger partial charge in [0.15, 0.2) is 5.82 Å². The van der Waals surface area contributed by atoms with Gasteiger partial charge in [0.2, 0.25) is 17.7 Å². The lowest BCUT2D eigenvalue weighted by atomic mass is 9.85. The third kappa shape index (κ3) is 13.4. The van der Waals surface area contributed by atoms with E-state index >= 15 is 0 Å². The number of pyridine rings is 1. The van der Waals surface area contributed by atoms with Crippen molar-refractivity contribution < 1.29 is 34.1 Å². The lowest BCUT2D eigenvalue weighted by Gasteiger charge is -2.43. The van der Waals surface area contributed by atoms with Crippen LogP contribution < -0.4 is 26.2 Å². The van der Waals surface area contributed by atoms with Gasteiger partial charge >= 0.3 is 0 Å². The maximum atomic E-state index is 14.0. The van der Waals surface area contributed by atoms with E-state index < -0.39 is 35.4 Å². The van der Waals surface area contributed by atoms with Crippen molar-refractivity contribution in [3.63, 3.8) is 0 Å². The number of fused-ring (bicyclic) bond motifs is 2. The van der Waals surface area contributed by atoms with E-state index in [2.05, 4.69) is 57.5 Å². The van der Waals surface area contributed by atoms with Crippen LogP contribution in [-0.4, -0.2) is 178 Å². The zero-order valence-corrected chi connectivity index (χ0v) is 45.1. The number of aromatic hydroxyl groups is 1. The molecule has 4 saturated heterocycles. The van der Waals surface area contributed by atoms with Crippen molar-refractivity contribution in [3.8, 4) is 27.4 Å². The van der Waals surface area contributed by atoms with Gasteiger partial charge in [0.1, 0.15) is 24.4 Å². The highest BCUT2D eigenvalue weighted by molar-refractivity contribution is 7.13. The van der Waals surface area contributed by atoms with Crippen molar-refractivity contribution in [1.29, 1.82) is 0 Å². The molecule has 6 N–H and O–H groups in total. The predicted molar refractivity (Wildman–Crippen MR) is 294 cm³/mol. The van der Waals surface area contributed by atoms with Gasteiger partial charge in [-0.15, -0.1) is 21.5 Å². The van der Waals surface area contributed by atoms with Crippen molar-refractivity contribution in [1.82, 2.24) is 45.5 Å². The Balaban J connectivity index is 0.639. The van der Waals surface area contributed by atoms with Crippen LogP contribution in [0.15, 0.2) is 78.4 Å². The fourth-order valence-electron chi connectivity index (χ4n) is 11.0. The first-order chi connectivity index (χ1) is 36.7. The summed E-state index contributed by atoms with van der Waals surface area (Å²) < 4.78 is 11.5. The monoisotopic (exact) mass is 1060 g/mol. The van der Waals surface area contributed by atoms with E-state index in [-0.39, 0.29) is 44.4 Å². The average Bonchev–Trinajstić information content (AvgIpc) is 4.11. The van der Waals surface area contributed by atoms with E-state index in [1.165, 1.54) is 10.6 Å². The molecule has 0 aliphatic carbocycles. The second-order valence-corrected chi connectivity index (χ2v) is 22.5. The van der Waals surface area contributed by atoms with Gasteiger partial charge in [0.05, 0.1) is 53.4 Å². The summed E-state index contributed by atoms with van der Waals surface area (Å²) in [5.41, 5.74) is 14.9. The molecule has 0 spiro atoms. The van der Waals surface area contributed by atoms with Gasteiger partial charge in [-0.05, 0) is 86.0 Å². The molecule has 4 aliphatic heterocycles. The van der Waals surface area contributed by atoms with Gasteiger partial charge in [0.25, 0.3) is 0 Å². The molecule has 2 bridgehead atoms. The Hall–Kier alpha value is -6.29. The van der Waals surface area contributed by atoms with Crippen molar-refractivity contribution >= 4 is 46.3 Å². The number of nitrogens with one attached hydrogen (secondary N) is 2. The number of carbonyl (C=O) groups is 3. The second-order valence-electron chi connectivity index (χ2n) is 21.6. The fourth-order valence-corrected chi connectivity index (χ4v) is 11.8. The minimum atomic E-state index is -0.944. The molecule has 406 valence electrons. The van der Waals surface area contributed by atoms with Crippen LogP contribution in [0.4, 0.5) is 17.2 Å². The topological polar surface area (TPSA) is 228 Å². The molecule has 5 atom stereocenters. The molecule has 5 aromatic rings. The third-order valence-electron chi connectivity index (χ3n) is 15.1. The van der Waals surface area contributed by atoms with Crippen LogP contribution in [-0.2, 0) is 36.8 Å². The van der Waals surface area contributed by atoms with Crippen LogP contribution in [0.25, 0.3) is 21.7 Å². The van der Waals surface area contributed by atoms with E-state index in [0.29, 0.717) is 42.4 Å². The first kappa shape index (κ1) is 54.5. The number of aromatic nitrogens is 4. The number of β-amino-alcohol motifs (C(OH)–C–C–N with tert-alkyl or cyclic N) is 1. The average molecular weight is 1060 g/mol. The standard InChI is InChI=1S/C56H74N12O7S/c1-37-51(76-36-60-37)39-13-11-38(12-14-39)31-59-54(72)48-29-44(69)34-67(48)55(73)52(56(2,3)4)61-50(71)35-75-27-26-74-25-24-65-22-20-64(21-23-65)19-7-8-40-28-41(17-18-58-40)68-42-15-16-43(68)33-66(32-42)47-30-46(62-63-53(47)57)45-9-5-6-10-49(45)70/h5-6,9-14,17-18,28,30,36,42-44,48,52,69-70H,7-8,15-16,19-27,29,31-35H2,1-4H3,(H2,57,63)(H,59,72)(H,61,71)/t42?,43?,44-,48?,52-/m1/s1. The quantitative estimate of drug-likeness (QED) is 0.0638. The van der Waals surface area contributed by atoms with Gasteiger partial charge in [-0.1, -0.05) is 57.2 Å². The maximum Gasteiger partial charge on any atom is 0.246 e. The molecule has 76 heavy (non-hydrogen) atoms. The number of para-hydroxylation sites is 1. The zero-order chi connectivity index (χ0) is 53.3. The van der Waals surface area contributed by atoms with E-state index in [1.807, 2.05) is 81.9 Å². The summed E-state index contributed by atoms with van der Waals surface area (Å²) in [6.07, 6.45) is 5.36. The molecule has 3 aromatic heterocycles. The van der Waals surface area contributed by atoms with Crippen LogP contribution in [0.3, 0.4) is 0 Å². The normalized spacial score (nSPS) is 20.5. The number of rotatable bonds is 21. The van der Waals surface area contributed by atoms with E-state index in [9.17, 15) is 24.6 Å². The number of piperazine rings is 2. The smallest absolute Gasteiger partial charge is 0.246 e. The predicted octanol–water partition coefficient (Wildman–Crippen LogP) is 4.51. The summed E-state index contributed by atoms with van der Waals surface area (Å²) in [7, 11) is 0. The van der Waals surface area contributed by atoms with E-state index in [0.717, 1.165) is 111 Å². The highest BCUT2D eigenvalue weighted by Crippen LogP contribution is 2.39. The molecular weight excluding hydrogens is 985 g/mol. The van der Waals surface area contributed by atoms with Crippen LogP contribution >= 0.6 is 11.3 Å². The third-order valence-corrected chi connectivity index (χ3v) is 16.1. The number of nitrogens with zero attached hydrogens (tertiary/aromatic N) is 9. The van der Waals surface area contributed by atoms with Gasteiger partial charge in [-0.3, -0.25) is 24.3 Å². The van der Waals surface area contributed by atoms with Crippen LogP contribution in [0, 0.1) is 12.3 Å². The number of aliphatic hydroxyl groups excluding tert-OH is 1. The summed E-state index contributed by atoms with van der Waals surface area (Å²) in [6, 6.07) is 20.3. The first-order valence-electron chi connectivity index (χ1n) is 26.7. The number of ether oxygens (including phenoxy) is 2. The summed E-state index contributed by atoms with van der Waals surface area (Å²) in [4.78, 5) is 62.1. The number of anilines is 3. The first-order valence-corrected chi connectivity index (χ1v) is 27.6. The van der Waals surface area contributed by atoms with Gasteiger partial charge in [-0.2, -0.15) is 0 Å². The largest absolute Gasteiger partial charge is 0.507 e. The molecule has 3 unspecified atom stereocenters. The summed E-state index contributed by atoms with van der Waals surface area (Å²) in [6.45, 7) is 16.1. The van der Waals surface area contributed by atoms with Crippen molar-refractivity contribution in [3.05, 3.63) is 95.4 Å². The molecule has 4 aliphatic rings. The Bertz CT molecular complexity index is 2750. The SMILES string of the molecule is Cc1ncsc1-c1ccc(CNC(=O)C2C[C@@H](O)CN2C(=O)[C@@H](NC(=O)COCCOCCN2CCN(CCCc3cc(N4C5CCC4CN(c4cc(-c6ccccc6O)nnc4N)C5)ccn3)CC2)C(C)(C)C)cc1. The maximum absolute atomic E-state index is 14.0. The second kappa shape index (κ2) is 24.8. The molecular formula is C56H74N12O7S. The molecule has 0 radical (unpaired) electrons. The number of carbonyl (C=O) groups excluding carboxylic acids is 3. The zero-order valence-electron chi connectivity index (χ0n) is 44.3. The molecule has 7 heterocycles. The molecule has 4 fully saturated rings. The number of aliphatic hydroxyl groups is 1. The number of hydrogen-bond acceptors (Lipinski definition) is 17. The number of aryl methyl sites for hydroxylation is 2. The number of nitrogens with two attached hydrogens (primary N) is 1. The number of phenols is 1. The van der Waals surface area contributed by atoms with E-state index in [4.69, 9.17) is 20.2 Å². The van der Waals surface area contributed by atoms with Crippen molar-refractivity contribution in [2.75, 3.05) is 101 Å². The lowest BCUT2D eigenvalue weighted by Crippen LogP contribution is -2.58. The number of likely N-dealkylation sites (tertiary alicyclic amines) is 1. The lowest BCUT2D eigenvalue weighted by molar-refractivity contribution is -0.144. The number of phenolic OH excluding ortho intramolecular Hbond substituents is 1. The van der Waals surface area contributed by atoms with Crippen molar-refractivity contribution in [2.24, 2.45) is 5.41 Å². The Labute approximate surface area is 449 Å². The van der Waals surface area contributed by atoms with Crippen LogP contribution in [0.5, 0.6) is 5.75 Å². The summed E-state index contributed by atoms with van der Waals surface area (Å²) in [5.74, 6) is -0.659. The van der Waals surface area contributed by atoms with Gasteiger partial charge in [0, 0.05) is 101 Å². The number of benzene rings is 2. The molecule has 0 saturated carbocycles. The summed E-state index contributed by atoms with van der Waals surface area (Å²) in [5, 5.41) is 35.4. The number of nitrogen functional groups attached to an aromatic ring is 1. The Morgan fingerprint density at radius 3 is 2.32 bits per heavy atom. The minimum absolute atomic E-state index is 0.00153. The molecule has 9 rings (SSSR count). The highest BCUT2D eigenvalue weighted by atomic mass is 32.1. The molecule has 20 heteroatoms. The number of amides is 3. The Kier molecular flexibility index (Phi) is 17.8. The van der Waals surface area contributed by atoms with Gasteiger partial charge in [-0.25, -0.2) is 4.98 Å². The van der Waals surface area contributed by atoms with E-state index in [1.54, 1.807) is 23.5 Å². The Morgan fingerprint density at radius 1 is 0.882 bits per heavy atom. The van der Waals surface area contributed by atoms with Crippen molar-refractivity contribution in [2.45, 2.75) is 96.6 Å². The highest BCUT2D eigenvalue weighted by Gasteiger charge is 2.45. The molecule has 19 nitrogen and oxygen atoms in total. The fraction of sp³-hybridized carbons (Fsp3) is 0.518. The molecule has 3 amide bonds. The van der Waals surface area contributed by atoms with Crippen LogP contribution in [0.2, 0.25) is 0 Å².